The van der Waals surface area contributed by atoms with Gasteiger partial charge in [0.15, 0.2) is 5.16 Å². The molecule has 6 heteroatoms. The number of halogens is 1. The second-order valence-corrected chi connectivity index (χ2v) is 5.88. The Morgan fingerprint density at radius 3 is 2.43 bits per heavy atom. The van der Waals surface area contributed by atoms with Crippen molar-refractivity contribution in [2.75, 3.05) is 0 Å². The molecule has 0 fully saturated rings. The molecule has 0 aliphatic heterocycles. The van der Waals surface area contributed by atoms with E-state index in [0.717, 1.165) is 5.56 Å². The Kier molecular flexibility index (Phi) is 5.27. The molecule has 4 nitrogen and oxygen atoms in total. The van der Waals surface area contributed by atoms with Gasteiger partial charge in [-0.3, -0.25) is 4.79 Å². The summed E-state index contributed by atoms with van der Waals surface area (Å²) in [6, 6.07) is 7.64. The number of nitrogens with one attached hydrogen (secondary N) is 1. The molecule has 2 rings (SSSR count). The summed E-state index contributed by atoms with van der Waals surface area (Å²) in [7, 11) is 0. The SMILES string of the molecule is CC(Sc1ncccn1)C(=O)NC(C)c1ccc(F)cc1. The summed E-state index contributed by atoms with van der Waals surface area (Å²) < 4.78 is 12.9. The number of carbonyl (C=O) groups is 1. The van der Waals surface area contributed by atoms with Crippen LogP contribution < -0.4 is 5.32 Å². The van der Waals surface area contributed by atoms with Crippen LogP contribution in [0.5, 0.6) is 0 Å². The number of thioether (sulfide) groups is 1. The molecule has 2 aromatic rings. The van der Waals surface area contributed by atoms with Gasteiger partial charge in [-0.05, 0) is 37.6 Å². The Labute approximate surface area is 127 Å². The minimum atomic E-state index is -0.310. The van der Waals surface area contributed by atoms with Crippen molar-refractivity contribution >= 4 is 17.7 Å². The molecule has 2 atom stereocenters. The Bertz CT molecular complexity index is 592. The van der Waals surface area contributed by atoms with Crippen LogP contribution in [-0.4, -0.2) is 21.1 Å². The lowest BCUT2D eigenvalue weighted by molar-refractivity contribution is -0.120. The predicted octanol–water partition coefficient (Wildman–Crippen LogP) is 2.97. The van der Waals surface area contributed by atoms with Gasteiger partial charge in [-0.2, -0.15) is 0 Å². The van der Waals surface area contributed by atoms with E-state index in [2.05, 4.69) is 15.3 Å². The molecular weight excluding hydrogens is 289 g/mol. The standard InChI is InChI=1S/C15H16FN3OS/c1-10(12-4-6-13(16)7-5-12)19-14(20)11(2)21-15-17-8-3-9-18-15/h3-11H,1-2H3,(H,19,20). The quantitative estimate of drug-likeness (QED) is 0.681. The lowest BCUT2D eigenvalue weighted by Crippen LogP contribution is -2.33. The lowest BCUT2D eigenvalue weighted by atomic mass is 10.1. The molecule has 1 aromatic heterocycles. The van der Waals surface area contributed by atoms with E-state index >= 15 is 0 Å². The van der Waals surface area contributed by atoms with Gasteiger partial charge in [0.05, 0.1) is 11.3 Å². The van der Waals surface area contributed by atoms with Gasteiger partial charge in [0.1, 0.15) is 5.82 Å². The third-order valence-corrected chi connectivity index (χ3v) is 3.91. The third-order valence-electron chi connectivity index (χ3n) is 2.92. The molecule has 0 saturated heterocycles. The van der Waals surface area contributed by atoms with Crippen molar-refractivity contribution in [2.24, 2.45) is 0 Å². The van der Waals surface area contributed by atoms with Crippen LogP contribution in [-0.2, 0) is 4.79 Å². The van der Waals surface area contributed by atoms with Crippen LogP contribution in [0.4, 0.5) is 4.39 Å². The monoisotopic (exact) mass is 305 g/mol. The van der Waals surface area contributed by atoms with Crippen LogP contribution in [0.1, 0.15) is 25.5 Å². The smallest absolute Gasteiger partial charge is 0.233 e. The summed E-state index contributed by atoms with van der Waals surface area (Å²) in [5, 5.41) is 3.15. The first-order valence-corrected chi connectivity index (χ1v) is 7.43. The van der Waals surface area contributed by atoms with E-state index in [9.17, 15) is 9.18 Å². The van der Waals surface area contributed by atoms with Gasteiger partial charge < -0.3 is 5.32 Å². The van der Waals surface area contributed by atoms with Crippen LogP contribution >= 0.6 is 11.8 Å². The Morgan fingerprint density at radius 2 is 1.81 bits per heavy atom. The van der Waals surface area contributed by atoms with E-state index < -0.39 is 0 Å². The molecule has 1 N–H and O–H groups in total. The van der Waals surface area contributed by atoms with E-state index in [1.807, 2.05) is 6.92 Å². The molecule has 0 bridgehead atoms. The summed E-state index contributed by atoms with van der Waals surface area (Å²) in [5.74, 6) is -0.397. The first-order valence-electron chi connectivity index (χ1n) is 6.56. The number of amides is 1. The average Bonchev–Trinajstić information content (AvgIpc) is 2.48. The molecular formula is C15H16FN3OS. The molecule has 1 heterocycles. The molecule has 110 valence electrons. The van der Waals surface area contributed by atoms with E-state index in [0.29, 0.717) is 5.16 Å². The molecule has 0 saturated carbocycles. The number of nitrogens with zero attached hydrogens (tertiary/aromatic N) is 2. The molecule has 1 aromatic carbocycles. The second kappa shape index (κ2) is 7.17. The molecule has 0 radical (unpaired) electrons. The lowest BCUT2D eigenvalue weighted by Gasteiger charge is -2.17. The molecule has 0 aliphatic rings. The largest absolute Gasteiger partial charge is 0.349 e. The topological polar surface area (TPSA) is 54.9 Å². The highest BCUT2D eigenvalue weighted by Crippen LogP contribution is 2.20. The number of benzene rings is 1. The fourth-order valence-corrected chi connectivity index (χ4v) is 2.46. The maximum Gasteiger partial charge on any atom is 0.233 e. The molecule has 1 amide bonds. The molecule has 0 aliphatic carbocycles. The van der Waals surface area contributed by atoms with E-state index in [-0.39, 0.29) is 23.0 Å². The van der Waals surface area contributed by atoms with Gasteiger partial charge in [0, 0.05) is 12.4 Å². The Morgan fingerprint density at radius 1 is 1.19 bits per heavy atom. The Balaban J connectivity index is 1.92. The normalized spacial score (nSPS) is 13.5. The highest BCUT2D eigenvalue weighted by molar-refractivity contribution is 8.00. The fourth-order valence-electron chi connectivity index (χ4n) is 1.72. The van der Waals surface area contributed by atoms with Gasteiger partial charge in [-0.25, -0.2) is 14.4 Å². The molecule has 2 unspecified atom stereocenters. The van der Waals surface area contributed by atoms with Crippen LogP contribution in [0, 0.1) is 5.82 Å². The van der Waals surface area contributed by atoms with Crippen LogP contribution in [0.15, 0.2) is 47.9 Å². The van der Waals surface area contributed by atoms with E-state index in [1.54, 1.807) is 37.5 Å². The van der Waals surface area contributed by atoms with Crippen molar-refractivity contribution in [3.63, 3.8) is 0 Å². The minimum absolute atomic E-state index is 0.107. The summed E-state index contributed by atoms with van der Waals surface area (Å²) in [5.41, 5.74) is 0.859. The first kappa shape index (κ1) is 15.4. The number of hydrogen-bond donors (Lipinski definition) is 1. The van der Waals surface area contributed by atoms with Crippen molar-refractivity contribution in [1.82, 2.24) is 15.3 Å². The number of rotatable bonds is 5. The Hall–Kier alpha value is -1.95. The van der Waals surface area contributed by atoms with Gasteiger partial charge in [0.25, 0.3) is 0 Å². The zero-order valence-corrected chi connectivity index (χ0v) is 12.6. The number of carbonyl (C=O) groups excluding carboxylic acids is 1. The second-order valence-electron chi connectivity index (χ2n) is 4.57. The maximum absolute atomic E-state index is 12.9. The van der Waals surface area contributed by atoms with Crippen molar-refractivity contribution in [3.8, 4) is 0 Å². The van der Waals surface area contributed by atoms with Crippen molar-refractivity contribution < 1.29 is 9.18 Å². The zero-order chi connectivity index (χ0) is 15.2. The van der Waals surface area contributed by atoms with Crippen LogP contribution in [0.3, 0.4) is 0 Å². The van der Waals surface area contributed by atoms with Crippen LogP contribution in [0.2, 0.25) is 0 Å². The number of aromatic nitrogens is 2. The van der Waals surface area contributed by atoms with Crippen LogP contribution in [0.25, 0.3) is 0 Å². The zero-order valence-electron chi connectivity index (χ0n) is 11.8. The third kappa shape index (κ3) is 4.53. The van der Waals surface area contributed by atoms with Crippen molar-refractivity contribution in [3.05, 3.63) is 54.1 Å². The summed E-state index contributed by atoms with van der Waals surface area (Å²) >= 11 is 1.30. The van der Waals surface area contributed by atoms with Crippen molar-refractivity contribution in [1.29, 1.82) is 0 Å². The van der Waals surface area contributed by atoms with Crippen molar-refractivity contribution in [2.45, 2.75) is 30.3 Å². The first-order chi connectivity index (χ1) is 10.1. The van der Waals surface area contributed by atoms with Gasteiger partial charge in [0.2, 0.25) is 5.91 Å². The highest BCUT2D eigenvalue weighted by atomic mass is 32.2. The summed E-state index contributed by atoms with van der Waals surface area (Å²) in [6.07, 6.45) is 3.28. The number of hydrogen-bond acceptors (Lipinski definition) is 4. The van der Waals surface area contributed by atoms with E-state index in [1.165, 1.54) is 23.9 Å². The highest BCUT2D eigenvalue weighted by Gasteiger charge is 2.18. The molecule has 0 spiro atoms. The summed E-state index contributed by atoms with van der Waals surface area (Å²) in [6.45, 7) is 3.66. The average molecular weight is 305 g/mol. The maximum atomic E-state index is 12.9. The minimum Gasteiger partial charge on any atom is -0.349 e. The van der Waals surface area contributed by atoms with Gasteiger partial charge in [-0.15, -0.1) is 0 Å². The summed E-state index contributed by atoms with van der Waals surface area (Å²) in [4.78, 5) is 20.3. The van der Waals surface area contributed by atoms with Gasteiger partial charge >= 0.3 is 0 Å². The van der Waals surface area contributed by atoms with E-state index in [4.69, 9.17) is 0 Å². The molecule has 21 heavy (non-hydrogen) atoms. The fraction of sp³-hybridized carbons (Fsp3) is 0.267. The van der Waals surface area contributed by atoms with Gasteiger partial charge in [-0.1, -0.05) is 23.9 Å². The predicted molar refractivity (Wildman–Crippen MR) is 80.3 cm³/mol.